The molecule has 0 heterocycles. The summed E-state index contributed by atoms with van der Waals surface area (Å²) in [7, 11) is 1.65. The van der Waals surface area contributed by atoms with Gasteiger partial charge in [0.1, 0.15) is 11.5 Å². The summed E-state index contributed by atoms with van der Waals surface area (Å²) in [5, 5.41) is 0. The summed E-state index contributed by atoms with van der Waals surface area (Å²) in [6.07, 6.45) is 3.94. The summed E-state index contributed by atoms with van der Waals surface area (Å²) in [6.45, 7) is 4.49. The number of nitrogens with two attached hydrogens (primary N) is 1. The van der Waals surface area contributed by atoms with Gasteiger partial charge in [-0.15, -0.1) is 0 Å². The molecule has 0 radical (unpaired) electrons. The molecule has 0 fully saturated rings. The average Bonchev–Trinajstić information content (AvgIpc) is 2.26. The van der Waals surface area contributed by atoms with Crippen LogP contribution in [0, 0.1) is 0 Å². The predicted molar refractivity (Wildman–Crippen MR) is 66.8 cm³/mol. The second-order valence-electron chi connectivity index (χ2n) is 3.68. The molecule has 0 aromatic heterocycles. The molecule has 16 heavy (non-hydrogen) atoms. The first-order valence-electron chi connectivity index (χ1n) is 5.39. The van der Waals surface area contributed by atoms with E-state index in [0.29, 0.717) is 6.54 Å². The number of methoxy groups -OCH3 is 1. The molecular formula is C13H19NO2. The summed E-state index contributed by atoms with van der Waals surface area (Å²) >= 11 is 0. The Morgan fingerprint density at radius 3 is 2.56 bits per heavy atom. The summed E-state index contributed by atoms with van der Waals surface area (Å²) in [4.78, 5) is 0. The molecule has 0 bridgehead atoms. The zero-order valence-corrected chi connectivity index (χ0v) is 10.1. The van der Waals surface area contributed by atoms with Crippen LogP contribution in [0.15, 0.2) is 24.3 Å². The molecule has 0 aliphatic rings. The van der Waals surface area contributed by atoms with Crippen LogP contribution in [0.2, 0.25) is 0 Å². The highest BCUT2D eigenvalue weighted by Crippen LogP contribution is 2.30. The topological polar surface area (TPSA) is 44.5 Å². The Kier molecular flexibility index (Phi) is 4.86. The van der Waals surface area contributed by atoms with Crippen molar-refractivity contribution in [3.63, 3.8) is 0 Å². The van der Waals surface area contributed by atoms with Crippen LogP contribution in [-0.2, 0) is 0 Å². The van der Waals surface area contributed by atoms with E-state index in [0.717, 1.165) is 17.1 Å². The molecule has 3 nitrogen and oxygen atoms in total. The minimum absolute atomic E-state index is 0.136. The Bertz CT molecular complexity index is 359. The Balaban J connectivity index is 3.09. The van der Waals surface area contributed by atoms with Gasteiger partial charge in [0.25, 0.3) is 0 Å². The first-order chi connectivity index (χ1) is 7.69. The van der Waals surface area contributed by atoms with Gasteiger partial charge in [-0.05, 0) is 26.0 Å². The third-order valence-corrected chi connectivity index (χ3v) is 2.03. The number of rotatable bonds is 5. The molecule has 0 saturated carbocycles. The summed E-state index contributed by atoms with van der Waals surface area (Å²) in [5.41, 5.74) is 6.39. The Hall–Kier alpha value is -1.48. The van der Waals surface area contributed by atoms with Gasteiger partial charge in [0.2, 0.25) is 0 Å². The molecule has 0 spiro atoms. The van der Waals surface area contributed by atoms with Gasteiger partial charge >= 0.3 is 0 Å². The summed E-state index contributed by atoms with van der Waals surface area (Å²) in [6, 6.07) is 5.75. The van der Waals surface area contributed by atoms with Crippen molar-refractivity contribution in [1.82, 2.24) is 0 Å². The van der Waals surface area contributed by atoms with Crippen LogP contribution in [-0.4, -0.2) is 19.8 Å². The average molecular weight is 221 g/mol. The molecule has 0 unspecified atom stereocenters. The second kappa shape index (κ2) is 6.18. The van der Waals surface area contributed by atoms with Crippen LogP contribution in [0.25, 0.3) is 6.08 Å². The van der Waals surface area contributed by atoms with Gasteiger partial charge < -0.3 is 15.2 Å². The van der Waals surface area contributed by atoms with Crippen LogP contribution in [0.5, 0.6) is 11.5 Å². The van der Waals surface area contributed by atoms with Crippen molar-refractivity contribution >= 4 is 6.08 Å². The third kappa shape index (κ3) is 3.28. The van der Waals surface area contributed by atoms with Crippen molar-refractivity contribution in [3.05, 3.63) is 29.8 Å². The molecule has 0 aliphatic carbocycles. The lowest BCUT2D eigenvalue weighted by Gasteiger charge is -2.14. The van der Waals surface area contributed by atoms with Crippen molar-refractivity contribution in [3.8, 4) is 11.5 Å². The van der Waals surface area contributed by atoms with E-state index in [-0.39, 0.29) is 6.10 Å². The van der Waals surface area contributed by atoms with Gasteiger partial charge in [-0.1, -0.05) is 18.2 Å². The number of ether oxygens (including phenoxy) is 2. The van der Waals surface area contributed by atoms with Crippen molar-refractivity contribution in [1.29, 1.82) is 0 Å². The van der Waals surface area contributed by atoms with Gasteiger partial charge in [0.15, 0.2) is 0 Å². The minimum atomic E-state index is 0.136. The van der Waals surface area contributed by atoms with Crippen molar-refractivity contribution < 1.29 is 9.47 Å². The van der Waals surface area contributed by atoms with Gasteiger partial charge in [-0.25, -0.2) is 0 Å². The van der Waals surface area contributed by atoms with E-state index in [2.05, 4.69) is 0 Å². The highest BCUT2D eigenvalue weighted by molar-refractivity contribution is 5.64. The molecular weight excluding hydrogens is 202 g/mol. The summed E-state index contributed by atoms with van der Waals surface area (Å²) < 4.78 is 11.0. The standard InChI is InChI=1S/C13H19NO2/c1-10(2)16-13-8-4-7-12(15-3)11(13)6-5-9-14/h4-8,10H,9,14H2,1-3H3/b6-5+. The van der Waals surface area contributed by atoms with E-state index in [1.807, 2.05) is 44.2 Å². The number of benzene rings is 1. The van der Waals surface area contributed by atoms with Gasteiger partial charge in [-0.3, -0.25) is 0 Å². The summed E-state index contributed by atoms with van der Waals surface area (Å²) in [5.74, 6) is 1.61. The molecule has 2 N–H and O–H groups in total. The fourth-order valence-electron chi connectivity index (χ4n) is 1.41. The van der Waals surface area contributed by atoms with E-state index in [1.54, 1.807) is 7.11 Å². The fourth-order valence-corrected chi connectivity index (χ4v) is 1.41. The highest BCUT2D eigenvalue weighted by Gasteiger charge is 2.08. The molecule has 0 saturated heterocycles. The quantitative estimate of drug-likeness (QED) is 0.830. The van der Waals surface area contributed by atoms with E-state index in [1.165, 1.54) is 0 Å². The molecule has 1 aromatic rings. The van der Waals surface area contributed by atoms with Gasteiger partial charge in [0.05, 0.1) is 18.8 Å². The van der Waals surface area contributed by atoms with E-state index in [9.17, 15) is 0 Å². The maximum atomic E-state index is 5.71. The number of hydrogen-bond donors (Lipinski definition) is 1. The highest BCUT2D eigenvalue weighted by atomic mass is 16.5. The Morgan fingerprint density at radius 2 is 2.00 bits per heavy atom. The molecule has 0 atom stereocenters. The van der Waals surface area contributed by atoms with Crippen molar-refractivity contribution in [2.45, 2.75) is 20.0 Å². The SMILES string of the molecule is COc1cccc(OC(C)C)c1/C=C/CN. The maximum absolute atomic E-state index is 5.71. The van der Waals surface area contributed by atoms with Crippen LogP contribution in [0.1, 0.15) is 19.4 Å². The molecule has 0 amide bonds. The lowest BCUT2D eigenvalue weighted by Crippen LogP contribution is -2.07. The first-order valence-corrected chi connectivity index (χ1v) is 5.39. The number of hydrogen-bond acceptors (Lipinski definition) is 3. The monoisotopic (exact) mass is 221 g/mol. The first kappa shape index (κ1) is 12.6. The normalized spacial score (nSPS) is 11.1. The zero-order valence-electron chi connectivity index (χ0n) is 10.1. The van der Waals surface area contributed by atoms with Crippen molar-refractivity contribution in [2.24, 2.45) is 5.73 Å². The minimum Gasteiger partial charge on any atom is -0.496 e. The smallest absolute Gasteiger partial charge is 0.130 e. The van der Waals surface area contributed by atoms with Crippen molar-refractivity contribution in [2.75, 3.05) is 13.7 Å². The second-order valence-corrected chi connectivity index (χ2v) is 3.68. The fraction of sp³-hybridized carbons (Fsp3) is 0.385. The van der Waals surface area contributed by atoms with Crippen LogP contribution >= 0.6 is 0 Å². The third-order valence-electron chi connectivity index (χ3n) is 2.03. The molecule has 88 valence electrons. The van der Waals surface area contributed by atoms with Crippen LogP contribution in [0.4, 0.5) is 0 Å². The maximum Gasteiger partial charge on any atom is 0.130 e. The van der Waals surface area contributed by atoms with E-state index < -0.39 is 0 Å². The molecule has 3 heteroatoms. The lowest BCUT2D eigenvalue weighted by atomic mass is 10.1. The molecule has 1 aromatic carbocycles. The van der Waals surface area contributed by atoms with Crippen LogP contribution in [0.3, 0.4) is 0 Å². The lowest BCUT2D eigenvalue weighted by molar-refractivity contribution is 0.240. The van der Waals surface area contributed by atoms with Crippen LogP contribution < -0.4 is 15.2 Å². The Morgan fingerprint density at radius 1 is 1.31 bits per heavy atom. The van der Waals surface area contributed by atoms with Gasteiger partial charge in [-0.2, -0.15) is 0 Å². The zero-order chi connectivity index (χ0) is 12.0. The largest absolute Gasteiger partial charge is 0.496 e. The predicted octanol–water partition coefficient (Wildman–Crippen LogP) is 2.45. The van der Waals surface area contributed by atoms with Gasteiger partial charge in [0, 0.05) is 6.54 Å². The van der Waals surface area contributed by atoms with E-state index >= 15 is 0 Å². The molecule has 1 rings (SSSR count). The Labute approximate surface area is 96.9 Å². The molecule has 0 aliphatic heterocycles. The van der Waals surface area contributed by atoms with E-state index in [4.69, 9.17) is 15.2 Å².